The van der Waals surface area contributed by atoms with Crippen LogP contribution >= 0.6 is 0 Å². The van der Waals surface area contributed by atoms with Crippen LogP contribution in [0.5, 0.6) is 0 Å². The Morgan fingerprint density at radius 3 is 2.47 bits per heavy atom. The number of ether oxygens (including phenoxy) is 2. The number of nitrogens with one attached hydrogen (secondary N) is 1. The number of hydrogen-bond donors (Lipinski definition) is 1. The monoisotopic (exact) mass is 243 g/mol. The van der Waals surface area contributed by atoms with Gasteiger partial charge >= 0.3 is 0 Å². The van der Waals surface area contributed by atoms with Crippen LogP contribution in [0.3, 0.4) is 0 Å². The van der Waals surface area contributed by atoms with Gasteiger partial charge in [0.15, 0.2) is 0 Å². The predicted molar refractivity (Wildman–Crippen MR) is 71.3 cm³/mol. The van der Waals surface area contributed by atoms with E-state index >= 15 is 0 Å². The van der Waals surface area contributed by atoms with Crippen molar-refractivity contribution in [3.63, 3.8) is 0 Å². The molecule has 102 valence electrons. The maximum atomic E-state index is 5.96. The largest absolute Gasteiger partial charge is 0.382 e. The lowest BCUT2D eigenvalue weighted by molar-refractivity contribution is -0.0153. The molecule has 1 N–H and O–H groups in total. The van der Waals surface area contributed by atoms with E-state index < -0.39 is 0 Å². The molecule has 1 fully saturated rings. The number of hydrogen-bond acceptors (Lipinski definition) is 3. The summed E-state index contributed by atoms with van der Waals surface area (Å²) < 4.78 is 11.2. The molecular formula is C14H29NO2. The lowest BCUT2D eigenvalue weighted by Gasteiger charge is -2.20. The van der Waals surface area contributed by atoms with Gasteiger partial charge < -0.3 is 14.8 Å². The highest BCUT2D eigenvalue weighted by molar-refractivity contribution is 4.69. The topological polar surface area (TPSA) is 30.5 Å². The normalized spacial score (nSPS) is 19.1. The van der Waals surface area contributed by atoms with E-state index in [1.54, 1.807) is 7.11 Å². The van der Waals surface area contributed by atoms with Gasteiger partial charge in [-0.3, -0.25) is 0 Å². The van der Waals surface area contributed by atoms with Crippen molar-refractivity contribution in [2.45, 2.75) is 45.6 Å². The van der Waals surface area contributed by atoms with E-state index in [4.69, 9.17) is 9.47 Å². The Kier molecular flexibility index (Phi) is 7.82. The molecule has 0 aromatic carbocycles. The second kappa shape index (κ2) is 8.90. The standard InChI is InChI=1S/C14H29NO2/c1-12(2)8-15-9-14(11-16-3)17-10-13-6-4-5-7-13/h12-15H,4-11H2,1-3H3. The third-order valence-electron chi connectivity index (χ3n) is 3.32. The molecule has 3 nitrogen and oxygen atoms in total. The van der Waals surface area contributed by atoms with Crippen molar-refractivity contribution in [2.24, 2.45) is 11.8 Å². The lowest BCUT2D eigenvalue weighted by Crippen LogP contribution is -2.35. The van der Waals surface area contributed by atoms with Gasteiger partial charge in [-0.25, -0.2) is 0 Å². The van der Waals surface area contributed by atoms with Crippen LogP contribution in [0.15, 0.2) is 0 Å². The van der Waals surface area contributed by atoms with E-state index in [1.165, 1.54) is 25.7 Å². The molecule has 1 unspecified atom stereocenters. The van der Waals surface area contributed by atoms with E-state index in [-0.39, 0.29) is 6.10 Å². The van der Waals surface area contributed by atoms with Crippen molar-refractivity contribution in [3.8, 4) is 0 Å². The molecule has 1 saturated carbocycles. The Morgan fingerprint density at radius 1 is 1.18 bits per heavy atom. The molecule has 0 aromatic rings. The number of rotatable bonds is 9. The first kappa shape index (κ1) is 14.9. The lowest BCUT2D eigenvalue weighted by atomic mass is 10.1. The fraction of sp³-hybridized carbons (Fsp3) is 1.00. The first-order valence-electron chi connectivity index (χ1n) is 7.03. The van der Waals surface area contributed by atoms with Crippen molar-refractivity contribution in [1.29, 1.82) is 0 Å². The highest BCUT2D eigenvalue weighted by atomic mass is 16.5. The van der Waals surface area contributed by atoms with Gasteiger partial charge in [0, 0.05) is 20.3 Å². The maximum absolute atomic E-state index is 5.96. The molecule has 0 spiro atoms. The molecule has 0 aliphatic heterocycles. The van der Waals surface area contributed by atoms with E-state index in [1.807, 2.05) is 0 Å². The summed E-state index contributed by atoms with van der Waals surface area (Å²) in [4.78, 5) is 0. The van der Waals surface area contributed by atoms with Crippen LogP contribution < -0.4 is 5.32 Å². The average molecular weight is 243 g/mol. The average Bonchev–Trinajstić information content (AvgIpc) is 2.78. The third-order valence-corrected chi connectivity index (χ3v) is 3.32. The van der Waals surface area contributed by atoms with Crippen LogP contribution in [0, 0.1) is 11.8 Å². The summed E-state index contributed by atoms with van der Waals surface area (Å²) in [7, 11) is 1.74. The zero-order valence-corrected chi connectivity index (χ0v) is 11.7. The minimum absolute atomic E-state index is 0.208. The molecule has 0 bridgehead atoms. The predicted octanol–water partition coefficient (Wildman–Crippen LogP) is 2.45. The summed E-state index contributed by atoms with van der Waals surface area (Å²) in [6.07, 6.45) is 5.67. The van der Waals surface area contributed by atoms with Crippen LogP contribution in [0.2, 0.25) is 0 Å². The van der Waals surface area contributed by atoms with Crippen molar-refractivity contribution < 1.29 is 9.47 Å². The second-order valence-corrected chi connectivity index (χ2v) is 5.61. The Morgan fingerprint density at radius 2 is 1.88 bits per heavy atom. The summed E-state index contributed by atoms with van der Waals surface area (Å²) in [5, 5.41) is 3.44. The fourth-order valence-corrected chi connectivity index (χ4v) is 2.33. The Balaban J connectivity index is 2.12. The SMILES string of the molecule is COCC(CNCC(C)C)OCC1CCCC1. The molecule has 1 aliphatic carbocycles. The molecule has 0 radical (unpaired) electrons. The summed E-state index contributed by atoms with van der Waals surface area (Å²) in [6.45, 7) is 8.00. The van der Waals surface area contributed by atoms with Crippen LogP contribution in [0.1, 0.15) is 39.5 Å². The molecule has 1 rings (SSSR count). The molecule has 1 aliphatic rings. The highest BCUT2D eigenvalue weighted by Gasteiger charge is 2.17. The third kappa shape index (κ3) is 7.02. The van der Waals surface area contributed by atoms with Crippen LogP contribution in [-0.4, -0.2) is 39.5 Å². The van der Waals surface area contributed by atoms with Gasteiger partial charge in [-0.15, -0.1) is 0 Å². The Hall–Kier alpha value is -0.120. The van der Waals surface area contributed by atoms with Crippen LogP contribution in [-0.2, 0) is 9.47 Å². The van der Waals surface area contributed by atoms with E-state index in [0.717, 1.165) is 25.6 Å². The summed E-state index contributed by atoms with van der Waals surface area (Å²) in [6, 6.07) is 0. The number of methoxy groups -OCH3 is 1. The van der Waals surface area contributed by atoms with Gasteiger partial charge in [-0.2, -0.15) is 0 Å². The zero-order valence-electron chi connectivity index (χ0n) is 11.7. The zero-order chi connectivity index (χ0) is 12.5. The second-order valence-electron chi connectivity index (χ2n) is 5.61. The van der Waals surface area contributed by atoms with Gasteiger partial charge in [-0.05, 0) is 31.2 Å². The van der Waals surface area contributed by atoms with E-state index in [0.29, 0.717) is 12.5 Å². The van der Waals surface area contributed by atoms with Crippen molar-refractivity contribution in [1.82, 2.24) is 5.32 Å². The fourth-order valence-electron chi connectivity index (χ4n) is 2.33. The quantitative estimate of drug-likeness (QED) is 0.675. The molecule has 3 heteroatoms. The molecule has 0 saturated heterocycles. The van der Waals surface area contributed by atoms with Crippen LogP contribution in [0.25, 0.3) is 0 Å². The minimum atomic E-state index is 0.208. The van der Waals surface area contributed by atoms with Gasteiger partial charge in [0.2, 0.25) is 0 Å². The maximum Gasteiger partial charge on any atom is 0.0932 e. The molecule has 0 heterocycles. The summed E-state index contributed by atoms with van der Waals surface area (Å²) in [5.74, 6) is 1.48. The van der Waals surface area contributed by atoms with Gasteiger partial charge in [0.25, 0.3) is 0 Å². The van der Waals surface area contributed by atoms with Gasteiger partial charge in [-0.1, -0.05) is 26.7 Å². The summed E-state index contributed by atoms with van der Waals surface area (Å²) in [5.41, 5.74) is 0. The molecule has 0 aromatic heterocycles. The molecule has 1 atom stereocenters. The smallest absolute Gasteiger partial charge is 0.0932 e. The van der Waals surface area contributed by atoms with Crippen molar-refractivity contribution >= 4 is 0 Å². The molecule has 17 heavy (non-hydrogen) atoms. The first-order chi connectivity index (χ1) is 8.22. The van der Waals surface area contributed by atoms with Crippen LogP contribution in [0.4, 0.5) is 0 Å². The van der Waals surface area contributed by atoms with Crippen molar-refractivity contribution in [2.75, 3.05) is 33.4 Å². The Bertz CT molecular complexity index is 179. The van der Waals surface area contributed by atoms with Gasteiger partial charge in [0.05, 0.1) is 12.7 Å². The van der Waals surface area contributed by atoms with Gasteiger partial charge in [0.1, 0.15) is 0 Å². The highest BCUT2D eigenvalue weighted by Crippen LogP contribution is 2.24. The molecular weight excluding hydrogens is 214 g/mol. The van der Waals surface area contributed by atoms with E-state index in [9.17, 15) is 0 Å². The first-order valence-corrected chi connectivity index (χ1v) is 7.03. The van der Waals surface area contributed by atoms with E-state index in [2.05, 4.69) is 19.2 Å². The summed E-state index contributed by atoms with van der Waals surface area (Å²) >= 11 is 0. The molecule has 0 amide bonds. The Labute approximate surface area is 106 Å². The van der Waals surface area contributed by atoms with Crippen molar-refractivity contribution in [3.05, 3.63) is 0 Å². The minimum Gasteiger partial charge on any atom is -0.382 e.